The minimum absolute atomic E-state index is 0.0225. The van der Waals surface area contributed by atoms with E-state index in [9.17, 15) is 4.79 Å². The van der Waals surface area contributed by atoms with E-state index in [1.54, 1.807) is 4.90 Å². The van der Waals surface area contributed by atoms with E-state index in [1.807, 2.05) is 78.9 Å². The van der Waals surface area contributed by atoms with E-state index in [2.05, 4.69) is 0 Å². The molecule has 0 bridgehead atoms. The van der Waals surface area contributed by atoms with Crippen molar-refractivity contribution in [1.29, 1.82) is 0 Å². The number of amides is 1. The van der Waals surface area contributed by atoms with Crippen LogP contribution in [0.15, 0.2) is 88.8 Å². The first-order valence-electron chi connectivity index (χ1n) is 9.70. The molecule has 0 unspecified atom stereocenters. The van der Waals surface area contributed by atoms with Crippen molar-refractivity contribution in [2.24, 2.45) is 9.98 Å². The number of aliphatic imine (C=N–C) groups is 2. The van der Waals surface area contributed by atoms with Gasteiger partial charge in [0.1, 0.15) is 11.9 Å². The summed E-state index contributed by atoms with van der Waals surface area (Å²) in [5.74, 6) is 1.37. The van der Waals surface area contributed by atoms with Crippen LogP contribution >= 0.6 is 23.4 Å². The van der Waals surface area contributed by atoms with Gasteiger partial charge in [0, 0.05) is 22.8 Å². The van der Waals surface area contributed by atoms with Crippen molar-refractivity contribution in [3.05, 3.63) is 101 Å². The van der Waals surface area contributed by atoms with Gasteiger partial charge in [-0.05, 0) is 35.4 Å². The predicted octanol–water partition coefficient (Wildman–Crippen LogP) is 5.47. The lowest BCUT2D eigenvalue weighted by Crippen LogP contribution is -2.41. The Bertz CT molecular complexity index is 1160. The van der Waals surface area contributed by atoms with E-state index in [4.69, 9.17) is 21.6 Å². The number of benzene rings is 3. The fourth-order valence-corrected chi connectivity index (χ4v) is 4.68. The summed E-state index contributed by atoms with van der Waals surface area (Å²) in [5.41, 5.74) is 3.97. The van der Waals surface area contributed by atoms with E-state index < -0.39 is 6.04 Å². The molecule has 0 N–H and O–H groups in total. The van der Waals surface area contributed by atoms with Gasteiger partial charge >= 0.3 is 0 Å². The molecule has 6 heteroatoms. The van der Waals surface area contributed by atoms with Gasteiger partial charge in [0.2, 0.25) is 0 Å². The molecule has 0 saturated heterocycles. The highest BCUT2D eigenvalue weighted by atomic mass is 35.5. The van der Waals surface area contributed by atoms with E-state index in [0.29, 0.717) is 28.2 Å². The number of hydrogen-bond acceptors (Lipinski definition) is 4. The lowest BCUT2D eigenvalue weighted by molar-refractivity contribution is -0.124. The van der Waals surface area contributed by atoms with Crippen molar-refractivity contribution in [1.82, 2.24) is 4.90 Å². The third-order valence-corrected chi connectivity index (χ3v) is 6.36. The van der Waals surface area contributed by atoms with Crippen LogP contribution in [-0.4, -0.2) is 27.9 Å². The molecule has 2 aliphatic heterocycles. The minimum atomic E-state index is -0.435. The highest BCUT2D eigenvalue weighted by Gasteiger charge is 2.41. The van der Waals surface area contributed by atoms with Crippen LogP contribution in [0.3, 0.4) is 0 Å². The Kier molecular flexibility index (Phi) is 5.15. The fraction of sp³-hybridized carbons (Fsp3) is 0.125. The topological polar surface area (TPSA) is 45.0 Å². The molecule has 148 valence electrons. The SMILES string of the molecule is O=C1[C@H](Cc2ccccc2)N=C2c3ccccc3N=C(SCc3ccc(Cl)cc3)N12. The van der Waals surface area contributed by atoms with E-state index in [1.165, 1.54) is 11.8 Å². The zero-order valence-electron chi connectivity index (χ0n) is 16.0. The van der Waals surface area contributed by atoms with Crippen molar-refractivity contribution in [3.8, 4) is 0 Å². The van der Waals surface area contributed by atoms with Gasteiger partial charge < -0.3 is 0 Å². The third-order valence-electron chi connectivity index (χ3n) is 5.10. The van der Waals surface area contributed by atoms with Crippen LogP contribution in [-0.2, 0) is 17.0 Å². The molecule has 1 atom stereocenters. The predicted molar refractivity (Wildman–Crippen MR) is 124 cm³/mol. The van der Waals surface area contributed by atoms with Crippen molar-refractivity contribution in [3.63, 3.8) is 0 Å². The Morgan fingerprint density at radius 3 is 2.43 bits per heavy atom. The number of carbonyl (C=O) groups is 1. The summed E-state index contributed by atoms with van der Waals surface area (Å²) in [7, 11) is 0. The molecular formula is C24H18ClN3OS. The number of carbonyl (C=O) groups excluding carboxylic acids is 1. The van der Waals surface area contributed by atoms with Crippen molar-refractivity contribution >= 4 is 46.0 Å². The standard InChI is InChI=1S/C24H18ClN3OS/c25-18-12-10-17(11-13-18)15-30-24-27-20-9-5-4-8-19(20)22-26-21(23(29)28(22)24)14-16-6-2-1-3-7-16/h1-13,21H,14-15H2/t21-/m0/s1. The van der Waals surface area contributed by atoms with Gasteiger partial charge in [-0.25, -0.2) is 9.89 Å². The lowest BCUT2D eigenvalue weighted by atomic mass is 10.1. The van der Waals surface area contributed by atoms with Crippen LogP contribution in [0.25, 0.3) is 0 Å². The molecule has 0 aliphatic carbocycles. The third kappa shape index (κ3) is 3.66. The number of rotatable bonds is 4. The minimum Gasteiger partial charge on any atom is -0.271 e. The van der Waals surface area contributed by atoms with Crippen molar-refractivity contribution in [2.75, 3.05) is 0 Å². The Balaban J connectivity index is 1.45. The molecule has 0 aromatic heterocycles. The number of amidine groups is 2. The summed E-state index contributed by atoms with van der Waals surface area (Å²) < 4.78 is 0. The molecular weight excluding hydrogens is 414 g/mol. The number of nitrogens with zero attached hydrogens (tertiary/aromatic N) is 3. The number of thioether (sulfide) groups is 1. The summed E-state index contributed by atoms with van der Waals surface area (Å²) in [6.07, 6.45) is 0.580. The molecule has 30 heavy (non-hydrogen) atoms. The van der Waals surface area contributed by atoms with Gasteiger partial charge in [0.25, 0.3) is 5.91 Å². The van der Waals surface area contributed by atoms with Crippen LogP contribution in [0.2, 0.25) is 5.02 Å². The monoisotopic (exact) mass is 431 g/mol. The van der Waals surface area contributed by atoms with E-state index in [0.717, 1.165) is 22.4 Å². The maximum atomic E-state index is 13.3. The molecule has 0 radical (unpaired) electrons. The maximum absolute atomic E-state index is 13.3. The fourth-order valence-electron chi connectivity index (χ4n) is 3.60. The zero-order valence-corrected chi connectivity index (χ0v) is 17.6. The number of halogens is 1. The summed E-state index contributed by atoms with van der Waals surface area (Å²) >= 11 is 7.53. The second kappa shape index (κ2) is 8.09. The average Bonchev–Trinajstić information content (AvgIpc) is 3.10. The highest BCUT2D eigenvalue weighted by Crippen LogP contribution is 2.35. The molecule has 0 saturated carbocycles. The van der Waals surface area contributed by atoms with Gasteiger partial charge in [-0.1, -0.05) is 78.0 Å². The van der Waals surface area contributed by atoms with Gasteiger partial charge in [0.05, 0.1) is 5.69 Å². The van der Waals surface area contributed by atoms with Gasteiger partial charge in [-0.15, -0.1) is 0 Å². The van der Waals surface area contributed by atoms with Crippen LogP contribution < -0.4 is 0 Å². The molecule has 2 heterocycles. The summed E-state index contributed by atoms with van der Waals surface area (Å²) in [6.45, 7) is 0. The Hall–Kier alpha value is -2.89. The molecule has 4 nitrogen and oxygen atoms in total. The number of fused-ring (bicyclic) bond motifs is 3. The first kappa shape index (κ1) is 19.1. The Labute approximate surface area is 184 Å². The Morgan fingerprint density at radius 2 is 1.63 bits per heavy atom. The highest BCUT2D eigenvalue weighted by molar-refractivity contribution is 8.13. The number of hydrogen-bond donors (Lipinski definition) is 0. The van der Waals surface area contributed by atoms with Crippen LogP contribution in [0.4, 0.5) is 5.69 Å². The van der Waals surface area contributed by atoms with Crippen LogP contribution in [0, 0.1) is 0 Å². The summed E-state index contributed by atoms with van der Waals surface area (Å²) in [6, 6.07) is 25.2. The summed E-state index contributed by atoms with van der Waals surface area (Å²) in [5, 5.41) is 1.38. The van der Waals surface area contributed by atoms with Crippen LogP contribution in [0.1, 0.15) is 16.7 Å². The van der Waals surface area contributed by atoms with Gasteiger partial charge in [-0.2, -0.15) is 0 Å². The summed E-state index contributed by atoms with van der Waals surface area (Å²) in [4.78, 5) is 24.6. The normalized spacial score (nSPS) is 17.3. The largest absolute Gasteiger partial charge is 0.271 e. The maximum Gasteiger partial charge on any atom is 0.259 e. The molecule has 2 aliphatic rings. The van der Waals surface area contributed by atoms with E-state index >= 15 is 0 Å². The smallest absolute Gasteiger partial charge is 0.259 e. The molecule has 1 amide bonds. The molecule has 3 aromatic carbocycles. The van der Waals surface area contributed by atoms with E-state index in [-0.39, 0.29) is 5.91 Å². The quantitative estimate of drug-likeness (QED) is 0.549. The average molecular weight is 432 g/mol. The van der Waals surface area contributed by atoms with Gasteiger partial charge in [0.15, 0.2) is 5.17 Å². The van der Waals surface area contributed by atoms with Gasteiger partial charge in [-0.3, -0.25) is 9.79 Å². The molecule has 0 fully saturated rings. The number of para-hydroxylation sites is 1. The van der Waals surface area contributed by atoms with Crippen molar-refractivity contribution < 1.29 is 4.79 Å². The lowest BCUT2D eigenvalue weighted by Gasteiger charge is -2.25. The molecule has 5 rings (SSSR count). The van der Waals surface area contributed by atoms with Crippen molar-refractivity contribution in [2.45, 2.75) is 18.2 Å². The first-order valence-corrected chi connectivity index (χ1v) is 11.1. The molecule has 3 aromatic rings. The molecule has 0 spiro atoms. The second-order valence-corrected chi connectivity index (χ2v) is 8.54. The second-order valence-electron chi connectivity index (χ2n) is 7.16. The van der Waals surface area contributed by atoms with Crippen LogP contribution in [0.5, 0.6) is 0 Å². The first-order chi connectivity index (χ1) is 14.7. The zero-order chi connectivity index (χ0) is 20.5. The Morgan fingerprint density at radius 1 is 0.900 bits per heavy atom.